The molecule has 2 aliphatic heterocycles. The number of anilines is 2. The van der Waals surface area contributed by atoms with E-state index in [0.29, 0.717) is 6.04 Å². The van der Waals surface area contributed by atoms with Crippen molar-refractivity contribution in [1.29, 1.82) is 0 Å². The maximum absolute atomic E-state index is 5.24. The van der Waals surface area contributed by atoms with E-state index >= 15 is 0 Å². The highest BCUT2D eigenvalue weighted by atomic mass is 32.1. The molecular weight excluding hydrogens is 296 g/mol. The van der Waals surface area contributed by atoms with E-state index in [1.54, 1.807) is 0 Å². The topological polar surface area (TPSA) is 50.3 Å². The van der Waals surface area contributed by atoms with Crippen LogP contribution in [0.5, 0.6) is 0 Å². The van der Waals surface area contributed by atoms with Gasteiger partial charge in [-0.3, -0.25) is 0 Å². The third kappa shape index (κ3) is 3.49. The molecule has 3 heterocycles. The SMILES string of the molecule is CC(C)(CS)c1cc(NC2COC2)nc(N2CCCCC2)n1. The van der Waals surface area contributed by atoms with Crippen LogP contribution in [0.15, 0.2) is 6.07 Å². The summed E-state index contributed by atoms with van der Waals surface area (Å²) in [5, 5.41) is 3.47. The van der Waals surface area contributed by atoms with E-state index in [9.17, 15) is 0 Å². The highest BCUT2D eigenvalue weighted by molar-refractivity contribution is 7.80. The lowest BCUT2D eigenvalue weighted by molar-refractivity contribution is 0.0209. The minimum Gasteiger partial charge on any atom is -0.377 e. The van der Waals surface area contributed by atoms with Crippen molar-refractivity contribution in [3.05, 3.63) is 11.8 Å². The standard InChI is InChI=1S/C16H26N4OS/c1-16(2,11-22)13-8-14(17-12-9-21-10-12)19-15(18-13)20-6-4-3-5-7-20/h8,12,22H,3-7,9-11H2,1-2H3,(H,17,18,19). The summed E-state index contributed by atoms with van der Waals surface area (Å²) < 4.78 is 5.24. The second-order valence-corrected chi connectivity index (χ2v) is 7.22. The lowest BCUT2D eigenvalue weighted by atomic mass is 9.91. The number of piperidine rings is 1. The van der Waals surface area contributed by atoms with Gasteiger partial charge in [-0.25, -0.2) is 4.98 Å². The predicted octanol–water partition coefficient (Wildman–Crippen LogP) is 2.49. The number of aromatic nitrogens is 2. The number of nitrogens with one attached hydrogen (secondary N) is 1. The van der Waals surface area contributed by atoms with Gasteiger partial charge in [-0.2, -0.15) is 17.6 Å². The second kappa shape index (κ2) is 6.62. The van der Waals surface area contributed by atoms with E-state index in [1.807, 2.05) is 0 Å². The summed E-state index contributed by atoms with van der Waals surface area (Å²) >= 11 is 4.49. The molecule has 0 atom stereocenters. The van der Waals surface area contributed by atoms with Crippen molar-refractivity contribution in [2.24, 2.45) is 0 Å². The van der Waals surface area contributed by atoms with Gasteiger partial charge in [0.25, 0.3) is 0 Å². The van der Waals surface area contributed by atoms with Crippen molar-refractivity contribution in [3.8, 4) is 0 Å². The van der Waals surface area contributed by atoms with Crippen LogP contribution in [0.1, 0.15) is 38.8 Å². The molecule has 0 aromatic carbocycles. The number of ether oxygens (including phenoxy) is 1. The zero-order chi connectivity index (χ0) is 15.6. The molecule has 1 aromatic heterocycles. The van der Waals surface area contributed by atoms with Gasteiger partial charge in [0.15, 0.2) is 0 Å². The molecule has 5 nitrogen and oxygen atoms in total. The van der Waals surface area contributed by atoms with Gasteiger partial charge in [0.2, 0.25) is 5.95 Å². The molecule has 0 radical (unpaired) electrons. The van der Waals surface area contributed by atoms with E-state index in [4.69, 9.17) is 14.7 Å². The number of hydrogen-bond acceptors (Lipinski definition) is 6. The van der Waals surface area contributed by atoms with Gasteiger partial charge in [-0.05, 0) is 19.3 Å². The summed E-state index contributed by atoms with van der Waals surface area (Å²) in [7, 11) is 0. The highest BCUT2D eigenvalue weighted by Gasteiger charge is 2.26. The largest absolute Gasteiger partial charge is 0.377 e. The first-order valence-corrected chi connectivity index (χ1v) is 8.81. The average molecular weight is 322 g/mol. The summed E-state index contributed by atoms with van der Waals surface area (Å²) in [4.78, 5) is 11.9. The molecule has 2 aliphatic rings. The Bertz CT molecular complexity index is 513. The van der Waals surface area contributed by atoms with Crippen LogP contribution in [0, 0.1) is 0 Å². The van der Waals surface area contributed by atoms with E-state index in [-0.39, 0.29) is 5.41 Å². The lowest BCUT2D eigenvalue weighted by Crippen LogP contribution is -2.41. The summed E-state index contributed by atoms with van der Waals surface area (Å²) in [5.41, 5.74) is 0.990. The van der Waals surface area contributed by atoms with Crippen molar-refractivity contribution < 1.29 is 4.74 Å². The molecule has 22 heavy (non-hydrogen) atoms. The molecule has 6 heteroatoms. The van der Waals surface area contributed by atoms with Gasteiger partial charge >= 0.3 is 0 Å². The Labute approximate surface area is 138 Å². The van der Waals surface area contributed by atoms with Crippen LogP contribution >= 0.6 is 12.6 Å². The Morgan fingerprint density at radius 3 is 2.59 bits per heavy atom. The normalized spacial score (nSPS) is 19.9. The monoisotopic (exact) mass is 322 g/mol. The molecule has 0 amide bonds. The molecule has 1 aromatic rings. The van der Waals surface area contributed by atoms with Gasteiger partial charge in [-0.15, -0.1) is 0 Å². The Hall–Kier alpha value is -1.01. The summed E-state index contributed by atoms with van der Waals surface area (Å²) in [6.45, 7) is 7.98. The van der Waals surface area contributed by atoms with E-state index < -0.39 is 0 Å². The van der Waals surface area contributed by atoms with Crippen molar-refractivity contribution in [2.75, 3.05) is 42.3 Å². The van der Waals surface area contributed by atoms with Crippen molar-refractivity contribution >= 4 is 24.4 Å². The molecule has 0 aliphatic carbocycles. The number of hydrogen-bond donors (Lipinski definition) is 2. The van der Waals surface area contributed by atoms with Gasteiger partial charge in [0, 0.05) is 30.3 Å². The van der Waals surface area contributed by atoms with Crippen LogP contribution in [0.3, 0.4) is 0 Å². The van der Waals surface area contributed by atoms with Gasteiger partial charge in [0.05, 0.1) is 24.9 Å². The van der Waals surface area contributed by atoms with E-state index in [1.165, 1.54) is 19.3 Å². The first-order chi connectivity index (χ1) is 10.6. The number of nitrogens with zero attached hydrogens (tertiary/aromatic N) is 3. The minimum atomic E-state index is -0.0663. The zero-order valence-corrected chi connectivity index (χ0v) is 14.4. The summed E-state index contributed by atoms with van der Waals surface area (Å²) in [5.74, 6) is 2.53. The Balaban J connectivity index is 1.89. The quantitative estimate of drug-likeness (QED) is 0.816. The molecule has 0 bridgehead atoms. The van der Waals surface area contributed by atoms with Crippen molar-refractivity contribution in [2.45, 2.75) is 44.6 Å². The van der Waals surface area contributed by atoms with Crippen LogP contribution in [0.25, 0.3) is 0 Å². The Morgan fingerprint density at radius 2 is 2.00 bits per heavy atom. The predicted molar refractivity (Wildman–Crippen MR) is 93.2 cm³/mol. The lowest BCUT2D eigenvalue weighted by Gasteiger charge is -2.31. The van der Waals surface area contributed by atoms with Gasteiger partial charge in [0.1, 0.15) is 5.82 Å². The molecule has 122 valence electrons. The fourth-order valence-electron chi connectivity index (χ4n) is 2.70. The van der Waals surface area contributed by atoms with E-state index in [0.717, 1.165) is 49.5 Å². The van der Waals surface area contributed by atoms with Crippen LogP contribution in [-0.4, -0.2) is 48.1 Å². The third-order valence-electron chi connectivity index (χ3n) is 4.43. The molecule has 2 fully saturated rings. The fraction of sp³-hybridized carbons (Fsp3) is 0.750. The van der Waals surface area contributed by atoms with Crippen LogP contribution < -0.4 is 10.2 Å². The molecule has 1 N–H and O–H groups in total. The first kappa shape index (κ1) is 15.9. The second-order valence-electron chi connectivity index (χ2n) is 6.91. The first-order valence-electron chi connectivity index (χ1n) is 8.18. The molecular formula is C16H26N4OS. The van der Waals surface area contributed by atoms with Crippen LogP contribution in [0.4, 0.5) is 11.8 Å². The number of thiol groups is 1. The van der Waals surface area contributed by atoms with Crippen LogP contribution in [-0.2, 0) is 10.2 Å². The Morgan fingerprint density at radius 1 is 1.27 bits per heavy atom. The zero-order valence-electron chi connectivity index (χ0n) is 13.5. The molecule has 0 unspecified atom stereocenters. The average Bonchev–Trinajstić information content (AvgIpc) is 2.51. The maximum Gasteiger partial charge on any atom is 0.227 e. The van der Waals surface area contributed by atoms with Gasteiger partial charge in [-0.1, -0.05) is 13.8 Å². The van der Waals surface area contributed by atoms with Crippen molar-refractivity contribution in [3.63, 3.8) is 0 Å². The number of rotatable bonds is 5. The summed E-state index contributed by atoms with van der Waals surface area (Å²) in [6.07, 6.45) is 3.76. The fourth-order valence-corrected chi connectivity index (χ4v) is 2.86. The summed E-state index contributed by atoms with van der Waals surface area (Å²) in [6, 6.07) is 2.44. The molecule has 0 spiro atoms. The molecule has 2 saturated heterocycles. The highest BCUT2D eigenvalue weighted by Crippen LogP contribution is 2.28. The van der Waals surface area contributed by atoms with Gasteiger partial charge < -0.3 is 15.0 Å². The molecule has 0 saturated carbocycles. The third-order valence-corrected chi connectivity index (χ3v) is 5.22. The smallest absolute Gasteiger partial charge is 0.227 e. The van der Waals surface area contributed by atoms with Crippen LogP contribution in [0.2, 0.25) is 0 Å². The minimum absolute atomic E-state index is 0.0663. The van der Waals surface area contributed by atoms with Crippen molar-refractivity contribution in [1.82, 2.24) is 9.97 Å². The maximum atomic E-state index is 5.24. The van der Waals surface area contributed by atoms with E-state index in [2.05, 4.69) is 42.8 Å². The Kier molecular flexibility index (Phi) is 4.78. The molecule has 3 rings (SSSR count).